The van der Waals surface area contributed by atoms with E-state index in [0.29, 0.717) is 17.6 Å². The third-order valence-electron chi connectivity index (χ3n) is 3.14. The van der Waals surface area contributed by atoms with Crippen LogP contribution in [-0.4, -0.2) is 5.56 Å². The molecule has 0 amide bonds. The largest absolute Gasteiger partial charge is 0.473 e. The van der Waals surface area contributed by atoms with E-state index < -0.39 is 0 Å². The first-order valence-corrected chi connectivity index (χ1v) is 7.71. The standard InChI is InChI=1S/C16H13ClO2S/c1-2-14(17)19-12-8-5-7-11-15(18)10-6-3-4-9-13(10)20-16(11)12/h3-9,14H,2H2,1H3. The highest BCUT2D eigenvalue weighted by molar-refractivity contribution is 7.24. The summed E-state index contributed by atoms with van der Waals surface area (Å²) in [6.45, 7) is 1.96. The van der Waals surface area contributed by atoms with Gasteiger partial charge < -0.3 is 4.74 Å². The van der Waals surface area contributed by atoms with E-state index in [1.54, 1.807) is 11.3 Å². The van der Waals surface area contributed by atoms with Gasteiger partial charge in [-0.15, -0.1) is 11.3 Å². The van der Waals surface area contributed by atoms with Gasteiger partial charge in [-0.3, -0.25) is 4.79 Å². The summed E-state index contributed by atoms with van der Waals surface area (Å²) < 4.78 is 7.54. The maximum atomic E-state index is 12.5. The molecule has 0 fully saturated rings. The van der Waals surface area contributed by atoms with Gasteiger partial charge in [0.2, 0.25) is 0 Å². The Morgan fingerprint density at radius 3 is 2.70 bits per heavy atom. The molecule has 1 heterocycles. The summed E-state index contributed by atoms with van der Waals surface area (Å²) in [7, 11) is 0. The van der Waals surface area contributed by atoms with E-state index in [0.717, 1.165) is 14.8 Å². The molecule has 0 aliphatic carbocycles. The average Bonchev–Trinajstić information content (AvgIpc) is 2.48. The van der Waals surface area contributed by atoms with Crippen molar-refractivity contribution in [2.24, 2.45) is 0 Å². The predicted octanol–water partition coefficient (Wildman–Crippen LogP) is 4.77. The van der Waals surface area contributed by atoms with Crippen molar-refractivity contribution in [2.75, 3.05) is 0 Å². The Labute approximate surface area is 125 Å². The van der Waals surface area contributed by atoms with Gasteiger partial charge in [-0.2, -0.15) is 0 Å². The monoisotopic (exact) mass is 304 g/mol. The molecular formula is C16H13ClO2S. The second kappa shape index (κ2) is 5.43. The molecule has 1 aromatic heterocycles. The minimum Gasteiger partial charge on any atom is -0.473 e. The Balaban J connectivity index is 2.31. The molecular weight excluding hydrogens is 292 g/mol. The normalized spacial score (nSPS) is 12.7. The van der Waals surface area contributed by atoms with Gasteiger partial charge in [0.1, 0.15) is 5.75 Å². The van der Waals surface area contributed by atoms with Crippen molar-refractivity contribution < 1.29 is 4.74 Å². The fourth-order valence-corrected chi connectivity index (χ4v) is 3.33. The second-order valence-electron chi connectivity index (χ2n) is 4.50. The van der Waals surface area contributed by atoms with Crippen LogP contribution in [-0.2, 0) is 0 Å². The van der Waals surface area contributed by atoms with Crippen molar-refractivity contribution >= 4 is 43.1 Å². The molecule has 3 aromatic rings. The van der Waals surface area contributed by atoms with Crippen LogP contribution < -0.4 is 10.2 Å². The Hall–Kier alpha value is -1.58. The predicted molar refractivity (Wildman–Crippen MR) is 86.2 cm³/mol. The summed E-state index contributed by atoms with van der Waals surface area (Å²) in [6, 6.07) is 13.2. The van der Waals surface area contributed by atoms with Gasteiger partial charge >= 0.3 is 0 Å². The molecule has 3 rings (SSSR count). The maximum absolute atomic E-state index is 12.5. The molecule has 0 aliphatic heterocycles. The van der Waals surface area contributed by atoms with E-state index >= 15 is 0 Å². The smallest absolute Gasteiger partial charge is 0.196 e. The lowest BCUT2D eigenvalue weighted by Gasteiger charge is -2.12. The van der Waals surface area contributed by atoms with E-state index in [-0.39, 0.29) is 11.0 Å². The number of fused-ring (bicyclic) bond motifs is 2. The SMILES string of the molecule is CCC(Cl)Oc1cccc2c(=O)c3ccccc3sc12. The summed E-state index contributed by atoms with van der Waals surface area (Å²) in [5.74, 6) is 0.678. The van der Waals surface area contributed by atoms with Crippen molar-refractivity contribution in [3.63, 3.8) is 0 Å². The van der Waals surface area contributed by atoms with E-state index in [1.807, 2.05) is 49.4 Å². The van der Waals surface area contributed by atoms with E-state index in [1.165, 1.54) is 0 Å². The fraction of sp³-hybridized carbons (Fsp3) is 0.188. The zero-order valence-corrected chi connectivity index (χ0v) is 12.5. The molecule has 2 aromatic carbocycles. The maximum Gasteiger partial charge on any atom is 0.196 e. The lowest BCUT2D eigenvalue weighted by molar-refractivity contribution is 0.281. The number of hydrogen-bond donors (Lipinski definition) is 0. The van der Waals surface area contributed by atoms with Gasteiger partial charge in [-0.25, -0.2) is 0 Å². The number of hydrogen-bond acceptors (Lipinski definition) is 3. The Morgan fingerprint density at radius 1 is 1.15 bits per heavy atom. The summed E-state index contributed by atoms with van der Waals surface area (Å²) in [5, 5.41) is 1.44. The minimum absolute atomic E-state index is 0.0439. The summed E-state index contributed by atoms with van der Waals surface area (Å²) in [6.07, 6.45) is 0.709. The molecule has 0 N–H and O–H groups in total. The van der Waals surface area contributed by atoms with E-state index in [9.17, 15) is 4.79 Å². The van der Waals surface area contributed by atoms with Crippen molar-refractivity contribution in [3.05, 3.63) is 52.7 Å². The van der Waals surface area contributed by atoms with Crippen molar-refractivity contribution in [1.82, 2.24) is 0 Å². The highest BCUT2D eigenvalue weighted by Crippen LogP contribution is 2.32. The molecule has 4 heteroatoms. The van der Waals surface area contributed by atoms with Gasteiger partial charge in [-0.05, 0) is 30.7 Å². The van der Waals surface area contributed by atoms with Gasteiger partial charge in [0.15, 0.2) is 11.0 Å². The van der Waals surface area contributed by atoms with Crippen LogP contribution in [0.1, 0.15) is 13.3 Å². The summed E-state index contributed by atoms with van der Waals surface area (Å²) in [4.78, 5) is 12.5. The Bertz CT molecular complexity index is 825. The van der Waals surface area contributed by atoms with Gasteiger partial charge in [0, 0.05) is 15.5 Å². The van der Waals surface area contributed by atoms with Crippen LogP contribution in [0.3, 0.4) is 0 Å². The Kier molecular flexibility index (Phi) is 3.64. The molecule has 20 heavy (non-hydrogen) atoms. The highest BCUT2D eigenvalue weighted by Gasteiger charge is 2.11. The zero-order valence-electron chi connectivity index (χ0n) is 10.9. The second-order valence-corrected chi connectivity index (χ2v) is 6.04. The topological polar surface area (TPSA) is 26.3 Å². The van der Waals surface area contributed by atoms with E-state index in [4.69, 9.17) is 16.3 Å². The summed E-state index contributed by atoms with van der Waals surface area (Å²) in [5.41, 5.74) is -0.336. The fourth-order valence-electron chi connectivity index (χ4n) is 2.11. The molecule has 0 saturated carbocycles. The molecule has 102 valence electrons. The minimum atomic E-state index is -0.380. The highest BCUT2D eigenvalue weighted by atomic mass is 35.5. The van der Waals surface area contributed by atoms with Gasteiger partial charge in [-0.1, -0.05) is 36.7 Å². The number of rotatable bonds is 3. The van der Waals surface area contributed by atoms with Gasteiger partial charge in [0.05, 0.1) is 4.70 Å². The Morgan fingerprint density at radius 2 is 1.90 bits per heavy atom. The van der Waals surface area contributed by atoms with Crippen LogP contribution >= 0.6 is 22.9 Å². The van der Waals surface area contributed by atoms with Crippen LogP contribution in [0, 0.1) is 0 Å². The van der Waals surface area contributed by atoms with Gasteiger partial charge in [0.25, 0.3) is 0 Å². The first kappa shape index (κ1) is 13.4. The molecule has 0 spiro atoms. The molecule has 0 saturated heterocycles. The third-order valence-corrected chi connectivity index (χ3v) is 4.74. The molecule has 0 radical (unpaired) electrons. The number of alkyl halides is 1. The average molecular weight is 305 g/mol. The van der Waals surface area contributed by atoms with Crippen molar-refractivity contribution in [3.8, 4) is 5.75 Å². The third kappa shape index (κ3) is 2.28. The first-order chi connectivity index (χ1) is 9.70. The van der Waals surface area contributed by atoms with Crippen LogP contribution in [0.15, 0.2) is 47.3 Å². The lowest BCUT2D eigenvalue weighted by atomic mass is 10.2. The lowest BCUT2D eigenvalue weighted by Crippen LogP contribution is -2.08. The zero-order chi connectivity index (χ0) is 14.1. The van der Waals surface area contributed by atoms with Crippen LogP contribution in [0.2, 0.25) is 0 Å². The first-order valence-electron chi connectivity index (χ1n) is 6.46. The molecule has 2 nitrogen and oxygen atoms in total. The quantitative estimate of drug-likeness (QED) is 0.515. The summed E-state index contributed by atoms with van der Waals surface area (Å²) >= 11 is 7.62. The van der Waals surface area contributed by atoms with E-state index in [2.05, 4.69) is 0 Å². The number of ether oxygens (including phenoxy) is 1. The molecule has 1 atom stereocenters. The van der Waals surface area contributed by atoms with Crippen molar-refractivity contribution in [2.45, 2.75) is 18.9 Å². The molecule has 0 aliphatic rings. The molecule has 1 unspecified atom stereocenters. The van der Waals surface area contributed by atoms with Crippen molar-refractivity contribution in [1.29, 1.82) is 0 Å². The molecule has 0 bridgehead atoms. The van der Waals surface area contributed by atoms with Crippen LogP contribution in [0.4, 0.5) is 0 Å². The van der Waals surface area contributed by atoms with Crippen LogP contribution in [0.25, 0.3) is 20.2 Å². The van der Waals surface area contributed by atoms with Crippen LogP contribution in [0.5, 0.6) is 5.75 Å². The number of halogens is 1. The number of benzene rings is 2.